The minimum absolute atomic E-state index is 0.0148. The fourth-order valence-corrected chi connectivity index (χ4v) is 3.24. The normalized spacial score (nSPS) is 15.6. The van der Waals surface area contributed by atoms with Gasteiger partial charge in [0.05, 0.1) is 0 Å². The summed E-state index contributed by atoms with van der Waals surface area (Å²) in [5.41, 5.74) is 1.29. The molecule has 26 heavy (non-hydrogen) atoms. The highest BCUT2D eigenvalue weighted by Gasteiger charge is 2.26. The molecular formula is C21H18F2N2O. The summed E-state index contributed by atoms with van der Waals surface area (Å²) in [6.07, 6.45) is 2.77. The van der Waals surface area contributed by atoms with E-state index in [4.69, 9.17) is 0 Å². The lowest BCUT2D eigenvalue weighted by Gasteiger charge is -2.32. The van der Waals surface area contributed by atoms with Gasteiger partial charge in [-0.25, -0.2) is 8.78 Å². The number of amides is 1. The van der Waals surface area contributed by atoms with Gasteiger partial charge in [0.1, 0.15) is 23.3 Å². The van der Waals surface area contributed by atoms with E-state index in [-0.39, 0.29) is 29.0 Å². The number of piperidine rings is 1. The summed E-state index contributed by atoms with van der Waals surface area (Å²) in [5.74, 6) is -0.857. The highest BCUT2D eigenvalue weighted by atomic mass is 19.1. The van der Waals surface area contributed by atoms with Gasteiger partial charge in [-0.2, -0.15) is 5.26 Å². The summed E-state index contributed by atoms with van der Waals surface area (Å²) < 4.78 is 26.9. The summed E-state index contributed by atoms with van der Waals surface area (Å²) in [7, 11) is 0. The molecule has 5 heteroatoms. The van der Waals surface area contributed by atoms with E-state index in [2.05, 4.69) is 0 Å². The third-order valence-corrected chi connectivity index (χ3v) is 4.66. The Hall–Kier alpha value is -3.00. The highest BCUT2D eigenvalue weighted by molar-refractivity contribution is 6.01. The zero-order chi connectivity index (χ0) is 18.5. The number of nitriles is 1. The van der Waals surface area contributed by atoms with Crippen LogP contribution < -0.4 is 0 Å². The molecule has 0 radical (unpaired) electrons. The van der Waals surface area contributed by atoms with E-state index in [0.29, 0.717) is 37.1 Å². The topological polar surface area (TPSA) is 44.1 Å². The molecule has 1 aliphatic rings. The van der Waals surface area contributed by atoms with Crippen molar-refractivity contribution < 1.29 is 13.6 Å². The first-order chi connectivity index (χ1) is 12.6. The minimum Gasteiger partial charge on any atom is -0.338 e. The van der Waals surface area contributed by atoms with Crippen molar-refractivity contribution >= 4 is 12.0 Å². The molecule has 0 saturated carbocycles. The van der Waals surface area contributed by atoms with Gasteiger partial charge in [0.15, 0.2) is 0 Å². The molecule has 1 amide bonds. The second-order valence-electron chi connectivity index (χ2n) is 6.31. The van der Waals surface area contributed by atoms with Gasteiger partial charge in [-0.15, -0.1) is 0 Å². The number of likely N-dealkylation sites (tertiary alicyclic amines) is 1. The Morgan fingerprint density at radius 3 is 2.35 bits per heavy atom. The van der Waals surface area contributed by atoms with Crippen LogP contribution in [0.3, 0.4) is 0 Å². The van der Waals surface area contributed by atoms with Crippen molar-refractivity contribution in [3.05, 3.63) is 76.9 Å². The molecule has 1 fully saturated rings. The lowest BCUT2D eigenvalue weighted by molar-refractivity contribution is -0.127. The summed E-state index contributed by atoms with van der Waals surface area (Å²) >= 11 is 0. The van der Waals surface area contributed by atoms with Gasteiger partial charge in [-0.3, -0.25) is 4.79 Å². The first-order valence-corrected chi connectivity index (χ1v) is 8.49. The van der Waals surface area contributed by atoms with Gasteiger partial charge < -0.3 is 4.90 Å². The number of rotatable bonds is 3. The summed E-state index contributed by atoms with van der Waals surface area (Å²) in [4.78, 5) is 14.2. The average molecular weight is 352 g/mol. The van der Waals surface area contributed by atoms with Crippen LogP contribution in [0.4, 0.5) is 8.78 Å². The standard InChI is InChI=1S/C21H18F2N2O/c22-18-7-5-15(6-8-18)13-17(14-24)21(26)25-11-9-16(10-12-25)19-3-1-2-4-20(19)23/h1-8,13,16H,9-12H2/b17-13+. The predicted octanol–water partition coefficient (Wildman–Crippen LogP) is 4.28. The first-order valence-electron chi connectivity index (χ1n) is 8.49. The number of nitrogens with zero attached hydrogens (tertiary/aromatic N) is 2. The Balaban J connectivity index is 1.68. The Kier molecular flexibility index (Phi) is 5.43. The molecule has 1 heterocycles. The maximum Gasteiger partial charge on any atom is 0.264 e. The molecule has 2 aromatic rings. The van der Waals surface area contributed by atoms with Crippen molar-refractivity contribution in [2.45, 2.75) is 18.8 Å². The molecule has 0 aromatic heterocycles. The van der Waals surface area contributed by atoms with Crippen LogP contribution in [0.5, 0.6) is 0 Å². The molecule has 3 rings (SSSR count). The minimum atomic E-state index is -0.373. The van der Waals surface area contributed by atoms with E-state index in [1.165, 1.54) is 36.4 Å². The van der Waals surface area contributed by atoms with Crippen molar-refractivity contribution in [3.63, 3.8) is 0 Å². The van der Waals surface area contributed by atoms with Gasteiger partial charge in [-0.1, -0.05) is 30.3 Å². The Morgan fingerprint density at radius 1 is 1.08 bits per heavy atom. The molecule has 0 spiro atoms. The van der Waals surface area contributed by atoms with Gasteiger partial charge >= 0.3 is 0 Å². The van der Waals surface area contributed by atoms with E-state index in [0.717, 1.165) is 0 Å². The second-order valence-corrected chi connectivity index (χ2v) is 6.31. The number of carbonyl (C=O) groups excluding carboxylic acids is 1. The Bertz CT molecular complexity index is 860. The van der Waals surface area contributed by atoms with E-state index in [1.54, 1.807) is 17.0 Å². The molecule has 132 valence electrons. The van der Waals surface area contributed by atoms with Crippen LogP contribution in [0.2, 0.25) is 0 Å². The fourth-order valence-electron chi connectivity index (χ4n) is 3.24. The molecule has 0 aliphatic carbocycles. The van der Waals surface area contributed by atoms with Crippen molar-refractivity contribution in [2.24, 2.45) is 0 Å². The van der Waals surface area contributed by atoms with Crippen molar-refractivity contribution in [1.29, 1.82) is 5.26 Å². The van der Waals surface area contributed by atoms with Crippen molar-refractivity contribution in [1.82, 2.24) is 4.90 Å². The van der Waals surface area contributed by atoms with Crippen LogP contribution in [-0.2, 0) is 4.79 Å². The molecule has 0 unspecified atom stereocenters. The second kappa shape index (κ2) is 7.92. The molecule has 1 saturated heterocycles. The van der Waals surface area contributed by atoms with Gasteiger partial charge in [-0.05, 0) is 54.2 Å². The van der Waals surface area contributed by atoms with Gasteiger partial charge in [0.2, 0.25) is 0 Å². The molecule has 0 atom stereocenters. The summed E-state index contributed by atoms with van der Waals surface area (Å²) in [6, 6.07) is 14.2. The van der Waals surface area contributed by atoms with Gasteiger partial charge in [0, 0.05) is 13.1 Å². The molecule has 3 nitrogen and oxygen atoms in total. The zero-order valence-electron chi connectivity index (χ0n) is 14.2. The molecule has 2 aromatic carbocycles. The van der Waals surface area contributed by atoms with Gasteiger partial charge in [0.25, 0.3) is 5.91 Å². The molecule has 1 aliphatic heterocycles. The summed E-state index contributed by atoms with van der Waals surface area (Å²) in [5, 5.41) is 9.32. The third-order valence-electron chi connectivity index (χ3n) is 4.66. The fraction of sp³-hybridized carbons (Fsp3) is 0.238. The van der Waals surface area contributed by atoms with E-state index in [1.807, 2.05) is 12.1 Å². The maximum absolute atomic E-state index is 13.9. The van der Waals surface area contributed by atoms with Crippen LogP contribution >= 0.6 is 0 Å². The predicted molar refractivity (Wildman–Crippen MR) is 94.9 cm³/mol. The van der Waals surface area contributed by atoms with Crippen molar-refractivity contribution in [2.75, 3.05) is 13.1 Å². The van der Waals surface area contributed by atoms with Crippen LogP contribution in [0.15, 0.2) is 54.1 Å². The quantitative estimate of drug-likeness (QED) is 0.611. The van der Waals surface area contributed by atoms with Crippen LogP contribution in [-0.4, -0.2) is 23.9 Å². The number of hydrogen-bond acceptors (Lipinski definition) is 2. The number of halogens is 2. The van der Waals surface area contributed by atoms with Crippen molar-refractivity contribution in [3.8, 4) is 6.07 Å². The third kappa shape index (κ3) is 3.97. The van der Waals surface area contributed by atoms with E-state index >= 15 is 0 Å². The maximum atomic E-state index is 13.9. The number of hydrogen-bond donors (Lipinski definition) is 0. The van der Waals surface area contributed by atoms with Crippen LogP contribution in [0, 0.1) is 23.0 Å². The number of benzene rings is 2. The lowest BCUT2D eigenvalue weighted by atomic mass is 9.89. The molecular weight excluding hydrogens is 334 g/mol. The number of carbonyl (C=O) groups is 1. The largest absolute Gasteiger partial charge is 0.338 e. The Morgan fingerprint density at radius 2 is 1.73 bits per heavy atom. The summed E-state index contributed by atoms with van der Waals surface area (Å²) in [6.45, 7) is 0.945. The smallest absolute Gasteiger partial charge is 0.264 e. The SMILES string of the molecule is N#C/C(=C\c1ccc(F)cc1)C(=O)N1CCC(c2ccccc2F)CC1. The first kappa shape index (κ1) is 17.8. The van der Waals surface area contributed by atoms with E-state index in [9.17, 15) is 18.8 Å². The van der Waals surface area contributed by atoms with Crippen LogP contribution in [0.1, 0.15) is 29.9 Å². The average Bonchev–Trinajstić information content (AvgIpc) is 2.67. The van der Waals surface area contributed by atoms with Crippen LogP contribution in [0.25, 0.3) is 6.08 Å². The molecule has 0 bridgehead atoms. The Labute approximate surface area is 151 Å². The molecule has 0 N–H and O–H groups in total. The zero-order valence-corrected chi connectivity index (χ0v) is 14.2. The lowest BCUT2D eigenvalue weighted by Crippen LogP contribution is -2.38. The highest BCUT2D eigenvalue weighted by Crippen LogP contribution is 2.30. The monoisotopic (exact) mass is 352 g/mol. The van der Waals surface area contributed by atoms with E-state index < -0.39 is 0 Å².